The van der Waals surface area contributed by atoms with Crippen LogP contribution in [0.5, 0.6) is 0 Å². The second kappa shape index (κ2) is 8.35. The minimum atomic E-state index is -1.04. The van der Waals surface area contributed by atoms with Gasteiger partial charge in [-0.05, 0) is 42.0 Å². The Hall–Kier alpha value is -2.70. The molecular weight excluding hydrogens is 414 g/mol. The van der Waals surface area contributed by atoms with Crippen molar-refractivity contribution >= 4 is 40.2 Å². The number of aromatic nitrogens is 2. The molecule has 0 N–H and O–H groups in total. The molecule has 0 aliphatic rings. The first kappa shape index (κ1) is 19.6. The van der Waals surface area contributed by atoms with Gasteiger partial charge in [-0.1, -0.05) is 53.7 Å². The zero-order valence-electron chi connectivity index (χ0n) is 15.1. The molecule has 0 unspecified atom stereocenters. The fourth-order valence-corrected chi connectivity index (χ4v) is 4.07. The minimum Gasteiger partial charge on any atom is -0.314 e. The van der Waals surface area contributed by atoms with Gasteiger partial charge in [0.1, 0.15) is 0 Å². The first-order valence-corrected chi connectivity index (χ1v) is 10.2. The lowest BCUT2D eigenvalue weighted by Gasteiger charge is -2.09. The van der Waals surface area contributed by atoms with E-state index in [2.05, 4.69) is 4.98 Å². The van der Waals surface area contributed by atoms with E-state index in [0.717, 1.165) is 28.7 Å². The van der Waals surface area contributed by atoms with Crippen LogP contribution in [-0.4, -0.2) is 21.1 Å². The van der Waals surface area contributed by atoms with E-state index in [1.807, 2.05) is 41.0 Å². The summed E-state index contributed by atoms with van der Waals surface area (Å²) in [5, 5.41) is 1.23. The van der Waals surface area contributed by atoms with E-state index in [9.17, 15) is 13.6 Å². The molecule has 0 fully saturated rings. The van der Waals surface area contributed by atoms with Gasteiger partial charge in [0.15, 0.2) is 22.6 Å². The second-order valence-corrected chi connectivity index (χ2v) is 7.82. The zero-order valence-corrected chi connectivity index (χ0v) is 16.7. The Kier molecular flexibility index (Phi) is 5.65. The quantitative estimate of drug-likeness (QED) is 0.279. The molecule has 7 heteroatoms. The lowest BCUT2D eigenvalue weighted by Crippen LogP contribution is -2.06. The number of hydrogen-bond donors (Lipinski definition) is 0. The highest BCUT2D eigenvalue weighted by Crippen LogP contribution is 2.28. The number of ketones is 1. The molecule has 0 spiro atoms. The van der Waals surface area contributed by atoms with Gasteiger partial charge in [0.25, 0.3) is 0 Å². The van der Waals surface area contributed by atoms with E-state index < -0.39 is 11.6 Å². The summed E-state index contributed by atoms with van der Waals surface area (Å²) in [6.07, 6.45) is 0. The van der Waals surface area contributed by atoms with E-state index >= 15 is 0 Å². The number of halogens is 3. The summed E-state index contributed by atoms with van der Waals surface area (Å²) in [6, 6.07) is 18.5. The molecule has 0 radical (unpaired) electrons. The maximum Gasteiger partial charge on any atom is 0.173 e. The summed E-state index contributed by atoms with van der Waals surface area (Å²) in [5.41, 5.74) is 2.86. The normalized spacial score (nSPS) is 11.1. The number of carbonyl (C=O) groups excluding carboxylic acids is 1. The van der Waals surface area contributed by atoms with Crippen LogP contribution >= 0.6 is 23.4 Å². The van der Waals surface area contributed by atoms with Gasteiger partial charge in [-0.25, -0.2) is 13.8 Å². The van der Waals surface area contributed by atoms with Crippen LogP contribution in [0.2, 0.25) is 5.02 Å². The summed E-state index contributed by atoms with van der Waals surface area (Å²) >= 11 is 7.35. The molecule has 0 aliphatic carbocycles. The van der Waals surface area contributed by atoms with Gasteiger partial charge < -0.3 is 4.57 Å². The Morgan fingerprint density at radius 2 is 1.79 bits per heavy atom. The highest BCUT2D eigenvalue weighted by atomic mass is 35.5. The molecule has 0 saturated carbocycles. The van der Waals surface area contributed by atoms with Gasteiger partial charge in [0.2, 0.25) is 0 Å². The van der Waals surface area contributed by atoms with Crippen molar-refractivity contribution in [1.82, 2.24) is 9.55 Å². The van der Waals surface area contributed by atoms with Gasteiger partial charge in [-0.3, -0.25) is 4.79 Å². The number of imidazole rings is 1. The largest absolute Gasteiger partial charge is 0.314 e. The van der Waals surface area contributed by atoms with E-state index in [1.165, 1.54) is 17.8 Å². The van der Waals surface area contributed by atoms with Crippen LogP contribution in [0.4, 0.5) is 8.78 Å². The molecule has 4 rings (SSSR count). The molecule has 1 heterocycles. The molecular formula is C22H15ClF2N2OS. The van der Waals surface area contributed by atoms with E-state index in [-0.39, 0.29) is 17.1 Å². The maximum absolute atomic E-state index is 13.4. The summed E-state index contributed by atoms with van der Waals surface area (Å²) in [4.78, 5) is 17.1. The average Bonchev–Trinajstić information content (AvgIpc) is 3.05. The topological polar surface area (TPSA) is 34.9 Å². The smallest absolute Gasteiger partial charge is 0.173 e. The van der Waals surface area contributed by atoms with Crippen molar-refractivity contribution < 1.29 is 13.6 Å². The number of benzene rings is 3. The predicted octanol–water partition coefficient (Wildman–Crippen LogP) is 5.99. The van der Waals surface area contributed by atoms with E-state index in [1.54, 1.807) is 12.1 Å². The molecule has 1 aromatic heterocycles. The van der Waals surface area contributed by atoms with Crippen molar-refractivity contribution in [2.45, 2.75) is 11.7 Å². The average molecular weight is 429 g/mol. The van der Waals surface area contributed by atoms with Gasteiger partial charge >= 0.3 is 0 Å². The van der Waals surface area contributed by atoms with Crippen LogP contribution in [0.1, 0.15) is 15.9 Å². The summed E-state index contributed by atoms with van der Waals surface area (Å²) in [5.74, 6) is -2.26. The van der Waals surface area contributed by atoms with Crippen molar-refractivity contribution in [2.75, 3.05) is 5.75 Å². The highest BCUT2D eigenvalue weighted by molar-refractivity contribution is 7.99. The number of hydrogen-bond acceptors (Lipinski definition) is 3. The van der Waals surface area contributed by atoms with Crippen molar-refractivity contribution in [3.05, 3.63) is 94.5 Å². The van der Waals surface area contributed by atoms with Crippen molar-refractivity contribution in [3.63, 3.8) is 0 Å². The van der Waals surface area contributed by atoms with Gasteiger partial charge in [0.05, 0.1) is 23.3 Å². The van der Waals surface area contributed by atoms with Gasteiger partial charge in [-0.15, -0.1) is 0 Å². The first-order valence-electron chi connectivity index (χ1n) is 8.82. The third-order valence-electron chi connectivity index (χ3n) is 4.43. The Bertz CT molecular complexity index is 1190. The van der Waals surface area contributed by atoms with Crippen LogP contribution in [-0.2, 0) is 6.54 Å². The molecule has 3 nitrogen and oxygen atoms in total. The lowest BCUT2D eigenvalue weighted by molar-refractivity contribution is 0.102. The Morgan fingerprint density at radius 1 is 1.00 bits per heavy atom. The van der Waals surface area contributed by atoms with Crippen LogP contribution < -0.4 is 0 Å². The van der Waals surface area contributed by atoms with Crippen molar-refractivity contribution in [1.29, 1.82) is 0 Å². The third-order valence-corrected chi connectivity index (χ3v) is 5.64. The van der Waals surface area contributed by atoms with Crippen LogP contribution in [0.15, 0.2) is 71.9 Å². The molecule has 0 aliphatic heterocycles. The van der Waals surface area contributed by atoms with Gasteiger partial charge in [0, 0.05) is 10.6 Å². The Balaban J connectivity index is 1.62. The Labute approximate surface area is 175 Å². The number of rotatable bonds is 6. The fourth-order valence-electron chi connectivity index (χ4n) is 2.99. The standard InChI is InChI=1S/C22H15ClF2N2OS/c23-16-7-9-20-19(11-16)26-22(27(20)12-14-4-2-1-3-5-14)29-13-21(28)15-6-8-17(24)18(25)10-15/h1-11H,12-13H2. The number of fused-ring (bicyclic) bond motifs is 1. The van der Waals surface area contributed by atoms with E-state index in [0.29, 0.717) is 16.7 Å². The number of Topliss-reactive ketones (excluding diaryl/α,β-unsaturated/α-hetero) is 1. The Morgan fingerprint density at radius 3 is 2.55 bits per heavy atom. The van der Waals surface area contributed by atoms with Crippen LogP contribution in [0.3, 0.4) is 0 Å². The van der Waals surface area contributed by atoms with Crippen molar-refractivity contribution in [3.8, 4) is 0 Å². The molecule has 0 atom stereocenters. The van der Waals surface area contributed by atoms with Crippen molar-refractivity contribution in [2.24, 2.45) is 0 Å². The molecule has 146 valence electrons. The van der Waals surface area contributed by atoms with Gasteiger partial charge in [-0.2, -0.15) is 0 Å². The SMILES string of the molecule is O=C(CSc1nc2cc(Cl)ccc2n1Cc1ccccc1)c1ccc(F)c(F)c1. The van der Waals surface area contributed by atoms with Crippen LogP contribution in [0, 0.1) is 11.6 Å². The second-order valence-electron chi connectivity index (χ2n) is 6.44. The summed E-state index contributed by atoms with van der Waals surface area (Å²) in [6.45, 7) is 0.584. The van der Waals surface area contributed by atoms with Crippen LogP contribution in [0.25, 0.3) is 11.0 Å². The zero-order chi connectivity index (χ0) is 20.4. The fraction of sp³-hybridized carbons (Fsp3) is 0.0909. The minimum absolute atomic E-state index is 0.0525. The number of thioether (sulfide) groups is 1. The molecule has 0 saturated heterocycles. The molecule has 0 amide bonds. The lowest BCUT2D eigenvalue weighted by atomic mass is 10.1. The predicted molar refractivity (Wildman–Crippen MR) is 112 cm³/mol. The third kappa shape index (κ3) is 4.33. The molecule has 29 heavy (non-hydrogen) atoms. The molecule has 3 aromatic carbocycles. The molecule has 4 aromatic rings. The number of nitrogens with zero attached hydrogens (tertiary/aromatic N) is 2. The summed E-state index contributed by atoms with van der Waals surface area (Å²) in [7, 11) is 0. The number of carbonyl (C=O) groups is 1. The monoisotopic (exact) mass is 428 g/mol. The summed E-state index contributed by atoms with van der Waals surface area (Å²) < 4.78 is 28.5. The maximum atomic E-state index is 13.4. The van der Waals surface area contributed by atoms with E-state index in [4.69, 9.17) is 11.6 Å². The highest BCUT2D eigenvalue weighted by Gasteiger charge is 2.16. The molecule has 0 bridgehead atoms. The first-order chi connectivity index (χ1) is 14.0.